The van der Waals surface area contributed by atoms with Gasteiger partial charge in [-0.05, 0) is 29.8 Å². The van der Waals surface area contributed by atoms with Gasteiger partial charge in [0.05, 0.1) is 5.56 Å². The lowest BCUT2D eigenvalue weighted by atomic mass is 10.2. The fourth-order valence-electron chi connectivity index (χ4n) is 1.58. The zero-order valence-corrected chi connectivity index (χ0v) is 11.1. The molecule has 0 aliphatic rings. The molecule has 4 heteroatoms. The van der Waals surface area contributed by atoms with Crippen LogP contribution in [-0.2, 0) is 5.33 Å². The van der Waals surface area contributed by atoms with E-state index in [0.29, 0.717) is 11.0 Å². The fourth-order valence-corrected chi connectivity index (χ4v) is 1.92. The lowest BCUT2D eigenvalue weighted by Gasteiger charge is -2.07. The summed E-state index contributed by atoms with van der Waals surface area (Å²) in [4.78, 5) is 11.9. The maximum absolute atomic E-state index is 13.4. The molecule has 0 bridgehead atoms. The molecule has 0 fully saturated rings. The zero-order valence-electron chi connectivity index (χ0n) is 9.49. The van der Waals surface area contributed by atoms with E-state index in [-0.39, 0.29) is 5.56 Å². The Balaban J connectivity index is 2.19. The van der Waals surface area contributed by atoms with Gasteiger partial charge in [0.25, 0.3) is 5.91 Å². The molecule has 0 atom stereocenters. The fraction of sp³-hybridized carbons (Fsp3) is 0.0714. The lowest BCUT2D eigenvalue weighted by molar-refractivity contribution is 0.102. The third kappa shape index (κ3) is 2.96. The Hall–Kier alpha value is -1.68. The molecular formula is C14H11BrFNO. The summed E-state index contributed by atoms with van der Waals surface area (Å²) in [5, 5.41) is 3.38. The summed E-state index contributed by atoms with van der Waals surface area (Å²) in [7, 11) is 0. The van der Waals surface area contributed by atoms with Gasteiger partial charge in [0, 0.05) is 11.0 Å². The van der Waals surface area contributed by atoms with Crippen LogP contribution in [-0.4, -0.2) is 5.91 Å². The number of nitrogens with one attached hydrogen (secondary N) is 1. The van der Waals surface area contributed by atoms with Crippen molar-refractivity contribution in [3.63, 3.8) is 0 Å². The van der Waals surface area contributed by atoms with Crippen LogP contribution in [0.25, 0.3) is 0 Å². The van der Waals surface area contributed by atoms with Crippen LogP contribution in [0.2, 0.25) is 0 Å². The number of halogens is 2. The molecule has 0 saturated carbocycles. The van der Waals surface area contributed by atoms with Crippen molar-refractivity contribution in [2.75, 3.05) is 5.32 Å². The van der Waals surface area contributed by atoms with E-state index in [1.54, 1.807) is 18.2 Å². The van der Waals surface area contributed by atoms with E-state index < -0.39 is 11.7 Å². The lowest BCUT2D eigenvalue weighted by Crippen LogP contribution is -2.13. The second-order valence-corrected chi connectivity index (χ2v) is 4.33. The van der Waals surface area contributed by atoms with Crippen LogP contribution in [0.5, 0.6) is 0 Å². The van der Waals surface area contributed by atoms with Gasteiger partial charge in [0.15, 0.2) is 0 Å². The Kier molecular flexibility index (Phi) is 4.10. The number of alkyl halides is 1. The molecular weight excluding hydrogens is 297 g/mol. The Morgan fingerprint density at radius 1 is 1.17 bits per heavy atom. The second kappa shape index (κ2) is 5.78. The first-order valence-electron chi connectivity index (χ1n) is 5.41. The average molecular weight is 308 g/mol. The number of rotatable bonds is 3. The second-order valence-electron chi connectivity index (χ2n) is 3.77. The van der Waals surface area contributed by atoms with Crippen molar-refractivity contribution in [1.29, 1.82) is 0 Å². The molecule has 0 saturated heterocycles. The Morgan fingerprint density at radius 3 is 2.67 bits per heavy atom. The zero-order chi connectivity index (χ0) is 13.0. The van der Waals surface area contributed by atoms with Crippen molar-refractivity contribution in [2.45, 2.75) is 5.33 Å². The van der Waals surface area contributed by atoms with Crippen molar-refractivity contribution >= 4 is 27.5 Å². The van der Waals surface area contributed by atoms with Gasteiger partial charge in [-0.2, -0.15) is 0 Å². The largest absolute Gasteiger partial charge is 0.322 e. The average Bonchev–Trinajstić information content (AvgIpc) is 2.39. The van der Waals surface area contributed by atoms with Crippen molar-refractivity contribution in [3.8, 4) is 0 Å². The van der Waals surface area contributed by atoms with Crippen LogP contribution in [0.4, 0.5) is 10.1 Å². The molecule has 1 N–H and O–H groups in total. The van der Waals surface area contributed by atoms with E-state index in [2.05, 4.69) is 21.2 Å². The van der Waals surface area contributed by atoms with Crippen LogP contribution in [0.3, 0.4) is 0 Å². The summed E-state index contributed by atoms with van der Waals surface area (Å²) >= 11 is 3.34. The van der Waals surface area contributed by atoms with E-state index >= 15 is 0 Å². The first-order chi connectivity index (χ1) is 8.70. The Morgan fingerprint density at radius 2 is 1.94 bits per heavy atom. The van der Waals surface area contributed by atoms with Crippen LogP contribution >= 0.6 is 15.9 Å². The van der Waals surface area contributed by atoms with E-state index in [1.165, 1.54) is 12.1 Å². The van der Waals surface area contributed by atoms with E-state index in [4.69, 9.17) is 0 Å². The van der Waals surface area contributed by atoms with Gasteiger partial charge < -0.3 is 5.32 Å². The number of amides is 1. The minimum atomic E-state index is -0.522. The topological polar surface area (TPSA) is 29.1 Å². The predicted octanol–water partition coefficient (Wildman–Crippen LogP) is 3.97. The van der Waals surface area contributed by atoms with Gasteiger partial charge in [0.1, 0.15) is 5.82 Å². The molecule has 18 heavy (non-hydrogen) atoms. The molecule has 2 aromatic rings. The van der Waals surface area contributed by atoms with E-state index in [1.807, 2.05) is 18.2 Å². The highest BCUT2D eigenvalue weighted by atomic mass is 79.9. The van der Waals surface area contributed by atoms with Gasteiger partial charge in [0.2, 0.25) is 0 Å². The number of hydrogen-bond donors (Lipinski definition) is 1. The van der Waals surface area contributed by atoms with Gasteiger partial charge in [-0.15, -0.1) is 0 Å². The summed E-state index contributed by atoms with van der Waals surface area (Å²) in [6.45, 7) is 0. The van der Waals surface area contributed by atoms with E-state index in [9.17, 15) is 9.18 Å². The molecule has 0 heterocycles. The van der Waals surface area contributed by atoms with Gasteiger partial charge in [-0.3, -0.25) is 4.79 Å². The maximum atomic E-state index is 13.4. The number of hydrogen-bond acceptors (Lipinski definition) is 1. The monoisotopic (exact) mass is 307 g/mol. The molecule has 0 spiro atoms. The Bertz CT molecular complexity index is 571. The summed E-state index contributed by atoms with van der Waals surface area (Å²) < 4.78 is 13.4. The molecule has 0 radical (unpaired) electrons. The summed E-state index contributed by atoms with van der Waals surface area (Å²) in [5.74, 6) is -0.966. The Labute approximate surface area is 113 Å². The van der Waals surface area contributed by atoms with Crippen LogP contribution in [0.1, 0.15) is 15.9 Å². The van der Waals surface area contributed by atoms with Gasteiger partial charge >= 0.3 is 0 Å². The predicted molar refractivity (Wildman–Crippen MR) is 73.4 cm³/mol. The standard InChI is InChI=1S/C14H11BrFNO/c15-9-10-4-3-5-11(8-10)17-14(18)12-6-1-2-7-13(12)16/h1-8H,9H2,(H,17,18). The highest BCUT2D eigenvalue weighted by Crippen LogP contribution is 2.15. The minimum absolute atomic E-state index is 0.0433. The molecule has 2 nitrogen and oxygen atoms in total. The normalized spacial score (nSPS) is 10.1. The van der Waals surface area contributed by atoms with Gasteiger partial charge in [-0.1, -0.05) is 40.2 Å². The number of benzene rings is 2. The summed E-state index contributed by atoms with van der Waals surface area (Å²) in [6, 6.07) is 13.3. The third-order valence-electron chi connectivity index (χ3n) is 2.46. The van der Waals surface area contributed by atoms with Crippen molar-refractivity contribution in [1.82, 2.24) is 0 Å². The molecule has 1 amide bonds. The van der Waals surface area contributed by atoms with Crippen LogP contribution < -0.4 is 5.32 Å². The van der Waals surface area contributed by atoms with Crippen LogP contribution in [0.15, 0.2) is 48.5 Å². The first kappa shape index (κ1) is 12.8. The number of carbonyl (C=O) groups excluding carboxylic acids is 1. The summed E-state index contributed by atoms with van der Waals surface area (Å²) in [5.41, 5.74) is 1.74. The molecule has 2 aromatic carbocycles. The smallest absolute Gasteiger partial charge is 0.258 e. The number of carbonyl (C=O) groups is 1. The maximum Gasteiger partial charge on any atom is 0.258 e. The highest BCUT2D eigenvalue weighted by molar-refractivity contribution is 9.08. The van der Waals surface area contributed by atoms with Crippen molar-refractivity contribution in [3.05, 3.63) is 65.5 Å². The minimum Gasteiger partial charge on any atom is -0.322 e. The first-order valence-corrected chi connectivity index (χ1v) is 6.53. The highest BCUT2D eigenvalue weighted by Gasteiger charge is 2.10. The molecule has 0 aliphatic heterocycles. The van der Waals surface area contributed by atoms with Crippen LogP contribution in [0, 0.1) is 5.82 Å². The third-order valence-corrected chi connectivity index (χ3v) is 3.11. The van der Waals surface area contributed by atoms with E-state index in [0.717, 1.165) is 5.56 Å². The molecule has 0 aromatic heterocycles. The van der Waals surface area contributed by atoms with Crippen molar-refractivity contribution < 1.29 is 9.18 Å². The molecule has 0 unspecified atom stereocenters. The summed E-state index contributed by atoms with van der Waals surface area (Å²) in [6.07, 6.45) is 0. The van der Waals surface area contributed by atoms with Gasteiger partial charge in [-0.25, -0.2) is 4.39 Å². The SMILES string of the molecule is O=C(Nc1cccc(CBr)c1)c1ccccc1F. The molecule has 0 aliphatic carbocycles. The molecule has 92 valence electrons. The molecule has 2 rings (SSSR count). The van der Waals surface area contributed by atoms with Crippen molar-refractivity contribution in [2.24, 2.45) is 0 Å². The number of anilines is 1. The quantitative estimate of drug-likeness (QED) is 0.854.